The van der Waals surface area contributed by atoms with E-state index in [1.165, 1.54) is 0 Å². The topological polar surface area (TPSA) is 47.6 Å². The Morgan fingerprint density at radius 2 is 2.09 bits per heavy atom. The summed E-state index contributed by atoms with van der Waals surface area (Å²) in [5.74, 6) is 0.376. The van der Waals surface area contributed by atoms with E-state index >= 15 is 0 Å². The molecule has 0 saturated carbocycles. The molecule has 0 aliphatic carbocycles. The standard InChI is InChI=1S/C17H24N2O3/c1-13(2)11-14-12-21-10-9-18(14)7-8-19-15-5-3-4-6-16(15)22-17(19)20/h3-6,13-14H,7-12H2,1-2H3/t14-/m1/s1. The SMILES string of the molecule is CC(C)C[C@@H]1COCCN1CCn1c(=O)oc2ccccc21. The highest BCUT2D eigenvalue weighted by Gasteiger charge is 2.24. The Morgan fingerprint density at radius 1 is 1.27 bits per heavy atom. The number of para-hydroxylation sites is 2. The highest BCUT2D eigenvalue weighted by Crippen LogP contribution is 2.16. The van der Waals surface area contributed by atoms with Crippen molar-refractivity contribution < 1.29 is 9.15 Å². The summed E-state index contributed by atoms with van der Waals surface area (Å²) in [5.41, 5.74) is 1.54. The minimum atomic E-state index is -0.269. The molecule has 1 atom stereocenters. The van der Waals surface area contributed by atoms with Crippen LogP contribution >= 0.6 is 0 Å². The van der Waals surface area contributed by atoms with Crippen LogP contribution in [0, 0.1) is 5.92 Å². The first-order chi connectivity index (χ1) is 10.6. The van der Waals surface area contributed by atoms with Gasteiger partial charge in [-0.25, -0.2) is 4.79 Å². The van der Waals surface area contributed by atoms with Crippen molar-refractivity contribution >= 4 is 11.1 Å². The maximum atomic E-state index is 12.0. The van der Waals surface area contributed by atoms with Gasteiger partial charge in [-0.1, -0.05) is 26.0 Å². The van der Waals surface area contributed by atoms with Crippen molar-refractivity contribution in [2.24, 2.45) is 5.92 Å². The molecule has 1 aromatic carbocycles. The van der Waals surface area contributed by atoms with Crippen LogP contribution < -0.4 is 5.76 Å². The lowest BCUT2D eigenvalue weighted by Gasteiger charge is -2.36. The van der Waals surface area contributed by atoms with E-state index in [2.05, 4.69) is 18.7 Å². The molecule has 0 radical (unpaired) electrons. The Kier molecular flexibility index (Phi) is 4.64. The van der Waals surface area contributed by atoms with Gasteiger partial charge in [-0.2, -0.15) is 0 Å². The minimum absolute atomic E-state index is 0.269. The Hall–Kier alpha value is -1.59. The number of morpholine rings is 1. The molecule has 1 aliphatic rings. The number of hydrogen-bond donors (Lipinski definition) is 0. The maximum Gasteiger partial charge on any atom is 0.419 e. The van der Waals surface area contributed by atoms with E-state index in [1.807, 2.05) is 24.3 Å². The fourth-order valence-corrected chi connectivity index (χ4v) is 3.20. The van der Waals surface area contributed by atoms with Crippen molar-refractivity contribution in [1.82, 2.24) is 9.47 Å². The van der Waals surface area contributed by atoms with E-state index in [0.717, 1.165) is 38.2 Å². The summed E-state index contributed by atoms with van der Waals surface area (Å²) in [6.07, 6.45) is 1.13. The van der Waals surface area contributed by atoms with E-state index in [9.17, 15) is 4.79 Å². The van der Waals surface area contributed by atoms with E-state index in [0.29, 0.717) is 24.1 Å². The first kappa shape index (κ1) is 15.3. The molecule has 1 fully saturated rings. The fourth-order valence-electron chi connectivity index (χ4n) is 3.20. The number of rotatable bonds is 5. The Balaban J connectivity index is 1.72. The van der Waals surface area contributed by atoms with Gasteiger partial charge in [-0.05, 0) is 24.5 Å². The Bertz CT molecular complexity index is 674. The van der Waals surface area contributed by atoms with Gasteiger partial charge < -0.3 is 9.15 Å². The lowest BCUT2D eigenvalue weighted by atomic mass is 10.0. The quantitative estimate of drug-likeness (QED) is 0.850. The molecule has 1 aliphatic heterocycles. The molecule has 0 amide bonds. The monoisotopic (exact) mass is 304 g/mol. The zero-order valence-electron chi connectivity index (χ0n) is 13.3. The molecule has 0 N–H and O–H groups in total. The summed E-state index contributed by atoms with van der Waals surface area (Å²) in [7, 11) is 0. The van der Waals surface area contributed by atoms with Gasteiger partial charge in [-0.15, -0.1) is 0 Å². The molecular formula is C17H24N2O3. The van der Waals surface area contributed by atoms with E-state index < -0.39 is 0 Å². The Labute approximate surface area is 130 Å². The van der Waals surface area contributed by atoms with Gasteiger partial charge in [0.05, 0.1) is 18.7 Å². The van der Waals surface area contributed by atoms with E-state index in [-0.39, 0.29) is 5.76 Å². The molecular weight excluding hydrogens is 280 g/mol. The van der Waals surface area contributed by atoms with Crippen LogP contribution in [0.2, 0.25) is 0 Å². The van der Waals surface area contributed by atoms with Gasteiger partial charge in [-0.3, -0.25) is 9.47 Å². The van der Waals surface area contributed by atoms with Crippen LogP contribution in [-0.4, -0.2) is 41.8 Å². The molecule has 2 aromatic rings. The number of oxazole rings is 1. The van der Waals surface area contributed by atoms with Crippen LogP contribution in [0.15, 0.2) is 33.5 Å². The van der Waals surface area contributed by atoms with E-state index in [4.69, 9.17) is 9.15 Å². The highest BCUT2D eigenvalue weighted by atomic mass is 16.5. The second kappa shape index (κ2) is 6.67. The zero-order valence-corrected chi connectivity index (χ0v) is 13.3. The highest BCUT2D eigenvalue weighted by molar-refractivity contribution is 5.72. The third-order valence-electron chi connectivity index (χ3n) is 4.28. The summed E-state index contributed by atoms with van der Waals surface area (Å²) in [4.78, 5) is 14.5. The molecule has 3 rings (SSSR count). The summed E-state index contributed by atoms with van der Waals surface area (Å²) < 4.78 is 12.6. The van der Waals surface area contributed by atoms with Crippen molar-refractivity contribution in [2.75, 3.05) is 26.3 Å². The van der Waals surface area contributed by atoms with Crippen molar-refractivity contribution in [1.29, 1.82) is 0 Å². The summed E-state index contributed by atoms with van der Waals surface area (Å²) >= 11 is 0. The average molecular weight is 304 g/mol. The molecule has 120 valence electrons. The van der Waals surface area contributed by atoms with Crippen molar-refractivity contribution in [3.63, 3.8) is 0 Å². The molecule has 1 saturated heterocycles. The zero-order chi connectivity index (χ0) is 15.5. The lowest BCUT2D eigenvalue weighted by Crippen LogP contribution is -2.47. The molecule has 0 bridgehead atoms. The normalized spacial score (nSPS) is 20.0. The van der Waals surface area contributed by atoms with Crippen molar-refractivity contribution in [2.45, 2.75) is 32.9 Å². The third kappa shape index (κ3) is 3.25. The van der Waals surface area contributed by atoms with Crippen molar-refractivity contribution in [3.8, 4) is 0 Å². The molecule has 1 aromatic heterocycles. The van der Waals surface area contributed by atoms with Crippen LogP contribution in [0.25, 0.3) is 11.1 Å². The number of hydrogen-bond acceptors (Lipinski definition) is 4. The Morgan fingerprint density at radius 3 is 2.91 bits per heavy atom. The molecule has 0 spiro atoms. The first-order valence-corrected chi connectivity index (χ1v) is 8.05. The van der Waals surface area contributed by atoms with Crippen LogP contribution in [0.5, 0.6) is 0 Å². The van der Waals surface area contributed by atoms with Crippen molar-refractivity contribution in [3.05, 3.63) is 34.8 Å². The average Bonchev–Trinajstić information content (AvgIpc) is 2.81. The smallest absolute Gasteiger partial charge is 0.408 e. The van der Waals surface area contributed by atoms with Gasteiger partial charge in [0.15, 0.2) is 5.58 Å². The summed E-state index contributed by atoms with van der Waals surface area (Å²) in [6, 6.07) is 8.04. The predicted molar refractivity (Wildman–Crippen MR) is 86.1 cm³/mol. The summed E-state index contributed by atoms with van der Waals surface area (Å²) in [5, 5.41) is 0. The minimum Gasteiger partial charge on any atom is -0.408 e. The van der Waals surface area contributed by atoms with Crippen LogP contribution in [0.3, 0.4) is 0 Å². The number of fused-ring (bicyclic) bond motifs is 1. The van der Waals surface area contributed by atoms with Crippen LogP contribution in [0.1, 0.15) is 20.3 Å². The third-order valence-corrected chi connectivity index (χ3v) is 4.28. The number of benzene rings is 1. The molecule has 22 heavy (non-hydrogen) atoms. The largest absolute Gasteiger partial charge is 0.419 e. The summed E-state index contributed by atoms with van der Waals surface area (Å²) in [6.45, 7) is 8.48. The molecule has 5 nitrogen and oxygen atoms in total. The number of ether oxygens (including phenoxy) is 1. The number of aromatic nitrogens is 1. The second-order valence-electron chi connectivity index (χ2n) is 6.38. The van der Waals surface area contributed by atoms with Gasteiger partial charge in [0.1, 0.15) is 0 Å². The fraction of sp³-hybridized carbons (Fsp3) is 0.588. The van der Waals surface area contributed by atoms with Crippen LogP contribution in [0.4, 0.5) is 0 Å². The van der Waals surface area contributed by atoms with Gasteiger partial charge in [0, 0.05) is 25.7 Å². The van der Waals surface area contributed by atoms with Gasteiger partial charge >= 0.3 is 5.76 Å². The van der Waals surface area contributed by atoms with E-state index in [1.54, 1.807) is 4.57 Å². The maximum absolute atomic E-state index is 12.0. The molecule has 0 unspecified atom stereocenters. The second-order valence-corrected chi connectivity index (χ2v) is 6.38. The molecule has 2 heterocycles. The predicted octanol–water partition coefficient (Wildman–Crippen LogP) is 2.34. The van der Waals surface area contributed by atoms with Crippen LogP contribution in [-0.2, 0) is 11.3 Å². The molecule has 5 heteroatoms. The number of nitrogens with zero attached hydrogens (tertiary/aromatic N) is 2. The van der Waals surface area contributed by atoms with Gasteiger partial charge in [0.25, 0.3) is 0 Å². The lowest BCUT2D eigenvalue weighted by molar-refractivity contribution is -0.0158. The first-order valence-electron chi connectivity index (χ1n) is 8.05. The van der Waals surface area contributed by atoms with Gasteiger partial charge in [0.2, 0.25) is 0 Å².